The van der Waals surface area contributed by atoms with Crippen LogP contribution in [0.4, 0.5) is 0 Å². The number of aromatic nitrogens is 3. The highest BCUT2D eigenvalue weighted by molar-refractivity contribution is 7.35. The lowest BCUT2D eigenvalue weighted by molar-refractivity contribution is 0.576. The first-order chi connectivity index (χ1) is 4.24. The van der Waals surface area contributed by atoms with Gasteiger partial charge in [0.2, 0.25) is 0 Å². The topological polar surface area (TPSA) is 30.7 Å². The molecule has 0 aliphatic heterocycles. The molecule has 50 valence electrons. The molecule has 0 aliphatic carbocycles. The molecule has 1 aromatic rings. The van der Waals surface area contributed by atoms with E-state index in [9.17, 15) is 0 Å². The Balaban J connectivity index is 2.98. The van der Waals surface area contributed by atoms with Crippen molar-refractivity contribution >= 4 is 29.3 Å². The number of rotatable bonds is 1. The van der Waals surface area contributed by atoms with Crippen LogP contribution in [-0.4, -0.2) is 15.0 Å². The molecule has 0 bridgehead atoms. The molecule has 2 atom stereocenters. The molecule has 9 heavy (non-hydrogen) atoms. The second-order valence-electron chi connectivity index (χ2n) is 1.66. The average molecular weight is 161 g/mol. The lowest BCUT2D eigenvalue weighted by Gasteiger charge is -1.86. The SMILES string of the molecule is CCn1nc(P)c(P)n1. The maximum absolute atomic E-state index is 4.08. The highest BCUT2D eigenvalue weighted by Gasteiger charge is 1.97. The number of hydrogen-bond acceptors (Lipinski definition) is 2. The lowest BCUT2D eigenvalue weighted by Crippen LogP contribution is -2.08. The van der Waals surface area contributed by atoms with E-state index < -0.39 is 0 Å². The Hall–Kier alpha value is -0.0000000000000000555. The predicted octanol–water partition coefficient (Wildman–Crippen LogP) is -0.701. The van der Waals surface area contributed by atoms with Crippen LogP contribution in [0.1, 0.15) is 6.92 Å². The molecule has 0 amide bonds. The quantitative estimate of drug-likeness (QED) is 0.510. The highest BCUT2D eigenvalue weighted by Crippen LogP contribution is 1.85. The van der Waals surface area contributed by atoms with E-state index in [1.807, 2.05) is 6.92 Å². The Morgan fingerprint density at radius 2 is 1.78 bits per heavy atom. The predicted molar refractivity (Wildman–Crippen MR) is 44.4 cm³/mol. The van der Waals surface area contributed by atoms with E-state index in [0.29, 0.717) is 0 Å². The summed E-state index contributed by atoms with van der Waals surface area (Å²) in [6.45, 7) is 2.84. The van der Waals surface area contributed by atoms with Gasteiger partial charge in [0.15, 0.2) is 0 Å². The van der Waals surface area contributed by atoms with Crippen LogP contribution < -0.4 is 10.9 Å². The van der Waals surface area contributed by atoms with Crippen molar-refractivity contribution in [3.05, 3.63) is 0 Å². The van der Waals surface area contributed by atoms with Crippen molar-refractivity contribution < 1.29 is 0 Å². The van der Waals surface area contributed by atoms with Crippen molar-refractivity contribution in [3.8, 4) is 0 Å². The molecule has 0 aliphatic rings. The van der Waals surface area contributed by atoms with Crippen LogP contribution in [0.5, 0.6) is 0 Å². The molecular weight excluding hydrogens is 152 g/mol. The second-order valence-corrected chi connectivity index (χ2v) is 2.75. The molecular formula is C4H9N3P2. The Kier molecular flexibility index (Phi) is 2.15. The number of nitrogens with zero attached hydrogens (tertiary/aromatic N) is 3. The summed E-state index contributed by atoms with van der Waals surface area (Å²) in [5.41, 5.74) is 1.81. The van der Waals surface area contributed by atoms with Crippen molar-refractivity contribution in [2.75, 3.05) is 0 Å². The van der Waals surface area contributed by atoms with E-state index in [2.05, 4.69) is 28.7 Å². The smallest absolute Gasteiger partial charge is 0.106 e. The maximum Gasteiger partial charge on any atom is 0.106 e. The van der Waals surface area contributed by atoms with E-state index in [0.717, 1.165) is 17.4 Å². The van der Waals surface area contributed by atoms with E-state index in [1.165, 1.54) is 0 Å². The Bertz CT molecular complexity index is 188. The number of aryl methyl sites for hydroxylation is 1. The van der Waals surface area contributed by atoms with Crippen LogP contribution in [-0.2, 0) is 6.54 Å². The molecule has 1 rings (SSSR count). The molecule has 2 unspecified atom stereocenters. The second kappa shape index (κ2) is 2.72. The molecule has 0 spiro atoms. The fourth-order valence-corrected chi connectivity index (χ4v) is 0.897. The van der Waals surface area contributed by atoms with Gasteiger partial charge in [-0.3, -0.25) is 0 Å². The van der Waals surface area contributed by atoms with Gasteiger partial charge < -0.3 is 0 Å². The summed E-state index contributed by atoms with van der Waals surface area (Å²) < 4.78 is 0. The van der Waals surface area contributed by atoms with Crippen LogP contribution in [0, 0.1) is 0 Å². The lowest BCUT2D eigenvalue weighted by atomic mass is 10.8. The first-order valence-electron chi connectivity index (χ1n) is 2.70. The van der Waals surface area contributed by atoms with Crippen molar-refractivity contribution in [1.82, 2.24) is 15.0 Å². The fraction of sp³-hybridized carbons (Fsp3) is 0.500. The summed E-state index contributed by atoms with van der Waals surface area (Å²) in [6, 6.07) is 0. The summed E-state index contributed by atoms with van der Waals surface area (Å²) in [7, 11) is 5.04. The largest absolute Gasteiger partial charge is 0.184 e. The maximum atomic E-state index is 4.08. The molecule has 5 heteroatoms. The van der Waals surface area contributed by atoms with Gasteiger partial charge in [-0.05, 0) is 6.92 Å². The molecule has 1 aromatic heterocycles. The minimum Gasteiger partial charge on any atom is -0.184 e. The van der Waals surface area contributed by atoms with Crippen LogP contribution in [0.3, 0.4) is 0 Å². The van der Waals surface area contributed by atoms with Crippen LogP contribution in [0.25, 0.3) is 0 Å². The van der Waals surface area contributed by atoms with Crippen LogP contribution in [0.15, 0.2) is 0 Å². The van der Waals surface area contributed by atoms with E-state index in [4.69, 9.17) is 0 Å². The molecule has 0 fully saturated rings. The van der Waals surface area contributed by atoms with Gasteiger partial charge in [-0.2, -0.15) is 15.0 Å². The molecule has 0 aromatic carbocycles. The Labute approximate surface area is 58.6 Å². The zero-order valence-electron chi connectivity index (χ0n) is 5.20. The van der Waals surface area contributed by atoms with Gasteiger partial charge in [0, 0.05) is 0 Å². The molecule has 0 saturated carbocycles. The van der Waals surface area contributed by atoms with Crippen molar-refractivity contribution in [1.29, 1.82) is 0 Å². The summed E-state index contributed by atoms with van der Waals surface area (Å²) in [5, 5.41) is 8.15. The van der Waals surface area contributed by atoms with E-state index >= 15 is 0 Å². The third kappa shape index (κ3) is 1.47. The highest BCUT2D eigenvalue weighted by atomic mass is 31.0. The van der Waals surface area contributed by atoms with Gasteiger partial charge >= 0.3 is 0 Å². The minimum atomic E-state index is 0.829. The Morgan fingerprint density at radius 3 is 2.00 bits per heavy atom. The van der Waals surface area contributed by atoms with Gasteiger partial charge in [0.25, 0.3) is 0 Å². The molecule has 0 N–H and O–H groups in total. The number of hydrogen-bond donors (Lipinski definition) is 0. The van der Waals surface area contributed by atoms with Gasteiger partial charge in [-0.1, -0.05) is 18.5 Å². The zero-order valence-corrected chi connectivity index (χ0v) is 7.51. The fourth-order valence-electron chi connectivity index (χ4n) is 0.515. The molecule has 0 saturated heterocycles. The average Bonchev–Trinajstić information content (AvgIpc) is 2.13. The zero-order chi connectivity index (χ0) is 6.85. The molecule has 3 nitrogen and oxygen atoms in total. The first-order valence-corrected chi connectivity index (χ1v) is 3.85. The summed E-state index contributed by atoms with van der Waals surface area (Å²) in [4.78, 5) is 1.66. The van der Waals surface area contributed by atoms with Gasteiger partial charge in [-0.25, -0.2) is 0 Å². The summed E-state index contributed by atoms with van der Waals surface area (Å²) in [6.07, 6.45) is 0. The van der Waals surface area contributed by atoms with Crippen LogP contribution in [0.2, 0.25) is 0 Å². The summed E-state index contributed by atoms with van der Waals surface area (Å²) in [5.74, 6) is 0. The first kappa shape index (κ1) is 7.11. The van der Waals surface area contributed by atoms with E-state index in [1.54, 1.807) is 4.80 Å². The van der Waals surface area contributed by atoms with Crippen LogP contribution >= 0.6 is 18.5 Å². The van der Waals surface area contributed by atoms with Gasteiger partial charge in [-0.15, -0.1) is 0 Å². The Morgan fingerprint density at radius 1 is 1.33 bits per heavy atom. The molecule has 0 radical (unpaired) electrons. The monoisotopic (exact) mass is 161 g/mol. The minimum absolute atomic E-state index is 0.829. The van der Waals surface area contributed by atoms with Gasteiger partial charge in [0.05, 0.1) is 6.54 Å². The van der Waals surface area contributed by atoms with Crippen molar-refractivity contribution in [2.45, 2.75) is 13.5 Å². The third-order valence-corrected chi connectivity index (χ3v) is 2.15. The molecule has 1 heterocycles. The van der Waals surface area contributed by atoms with Gasteiger partial charge in [0.1, 0.15) is 10.9 Å². The third-order valence-electron chi connectivity index (χ3n) is 0.992. The van der Waals surface area contributed by atoms with Crippen molar-refractivity contribution in [3.63, 3.8) is 0 Å². The van der Waals surface area contributed by atoms with E-state index in [-0.39, 0.29) is 0 Å². The standard InChI is InChI=1S/C4H9N3P2/c1-2-7-5-3(8)4(9)6-7/h2,8-9H2,1H3. The summed E-state index contributed by atoms with van der Waals surface area (Å²) >= 11 is 0. The van der Waals surface area contributed by atoms with Crippen molar-refractivity contribution in [2.24, 2.45) is 0 Å². The normalized spacial score (nSPS) is 10.1.